The summed E-state index contributed by atoms with van der Waals surface area (Å²) in [5, 5.41) is 2.61. The van der Waals surface area contributed by atoms with Crippen molar-refractivity contribution >= 4 is 11.6 Å². The number of hydrogen-bond acceptors (Lipinski definition) is 4. The van der Waals surface area contributed by atoms with E-state index in [9.17, 15) is 4.79 Å². The third-order valence-electron chi connectivity index (χ3n) is 3.12. The van der Waals surface area contributed by atoms with Crippen LogP contribution in [0.2, 0.25) is 0 Å². The Labute approximate surface area is 110 Å². The molecule has 1 fully saturated rings. The van der Waals surface area contributed by atoms with E-state index in [4.69, 9.17) is 9.47 Å². The highest BCUT2D eigenvalue weighted by Gasteiger charge is 2.24. The smallest absolute Gasteiger partial charge is 0.271 e. The number of hydrogen-bond donors (Lipinski definition) is 1. The Morgan fingerprint density at radius 2 is 2.26 bits per heavy atom. The fraction of sp³-hybridized carbons (Fsp3) is 0.385. The van der Waals surface area contributed by atoms with E-state index < -0.39 is 0 Å². The zero-order valence-electron chi connectivity index (χ0n) is 10.6. The molecule has 2 aromatic rings. The lowest BCUT2D eigenvalue weighted by molar-refractivity contribution is -0.0408. The predicted octanol–water partition coefficient (Wildman–Crippen LogP) is 0.609. The lowest BCUT2D eigenvalue weighted by Crippen LogP contribution is -2.22. The van der Waals surface area contributed by atoms with Gasteiger partial charge in [0, 0.05) is 19.7 Å². The maximum Gasteiger partial charge on any atom is 0.271 e. The highest BCUT2D eigenvalue weighted by Crippen LogP contribution is 2.18. The van der Waals surface area contributed by atoms with Crippen LogP contribution in [0.5, 0.6) is 0 Å². The van der Waals surface area contributed by atoms with Crippen LogP contribution in [-0.2, 0) is 15.9 Å². The summed E-state index contributed by atoms with van der Waals surface area (Å²) in [6.07, 6.45) is 2.09. The van der Waals surface area contributed by atoms with Gasteiger partial charge in [-0.05, 0) is 12.1 Å². The van der Waals surface area contributed by atoms with Gasteiger partial charge < -0.3 is 19.2 Å². The van der Waals surface area contributed by atoms with Crippen molar-refractivity contribution in [2.75, 3.05) is 20.3 Å². The first-order chi connectivity index (χ1) is 9.29. The molecule has 19 heavy (non-hydrogen) atoms. The van der Waals surface area contributed by atoms with E-state index in [1.807, 2.05) is 28.8 Å². The van der Waals surface area contributed by atoms with Gasteiger partial charge in [-0.2, -0.15) is 0 Å². The van der Waals surface area contributed by atoms with E-state index in [-0.39, 0.29) is 12.2 Å². The summed E-state index contributed by atoms with van der Waals surface area (Å²) in [5.41, 5.74) is 1.98. The number of amides is 1. The van der Waals surface area contributed by atoms with Gasteiger partial charge in [0.2, 0.25) is 0 Å². The first-order valence-corrected chi connectivity index (χ1v) is 6.21. The summed E-state index contributed by atoms with van der Waals surface area (Å²) in [6.45, 7) is 1.19. The van der Waals surface area contributed by atoms with E-state index in [1.54, 1.807) is 7.05 Å². The van der Waals surface area contributed by atoms with E-state index in [0.29, 0.717) is 25.3 Å². The van der Waals surface area contributed by atoms with E-state index in [0.717, 1.165) is 11.3 Å². The molecule has 0 unspecified atom stereocenters. The molecule has 3 heterocycles. The molecule has 2 aromatic heterocycles. The second-order valence-electron chi connectivity index (χ2n) is 4.29. The topological polar surface area (TPSA) is 64.9 Å². The van der Waals surface area contributed by atoms with Crippen LogP contribution in [0.25, 0.3) is 5.65 Å². The number of rotatable bonds is 3. The Morgan fingerprint density at radius 3 is 3.00 bits per heavy atom. The summed E-state index contributed by atoms with van der Waals surface area (Å²) in [7, 11) is 1.60. The van der Waals surface area contributed by atoms with E-state index in [1.165, 1.54) is 0 Å². The van der Waals surface area contributed by atoms with Gasteiger partial charge in [-0.15, -0.1) is 0 Å². The average Bonchev–Trinajstić information content (AvgIpc) is 3.07. The maximum absolute atomic E-state index is 11.9. The minimum Gasteiger partial charge on any atom is -0.354 e. The third kappa shape index (κ3) is 2.20. The summed E-state index contributed by atoms with van der Waals surface area (Å²) < 4.78 is 12.8. The maximum atomic E-state index is 11.9. The Kier molecular flexibility index (Phi) is 3.18. The molecule has 0 aromatic carbocycles. The highest BCUT2D eigenvalue weighted by atomic mass is 16.7. The standard InChI is InChI=1S/C13H15N3O3/c1-14-13(17)12-9(8-11-18-6-7-19-11)16-5-3-2-4-10(16)15-12/h2-5,11H,6-8H2,1H3,(H,14,17). The Morgan fingerprint density at radius 1 is 1.47 bits per heavy atom. The van der Waals surface area contributed by atoms with Crippen LogP contribution in [-0.4, -0.2) is 41.8 Å². The number of nitrogens with one attached hydrogen (secondary N) is 1. The summed E-state index contributed by atoms with van der Waals surface area (Å²) in [5.74, 6) is -0.198. The molecular formula is C13H15N3O3. The molecule has 6 nitrogen and oxygen atoms in total. The molecule has 0 atom stereocenters. The molecule has 1 aliphatic rings. The number of nitrogens with zero attached hydrogens (tertiary/aromatic N) is 2. The largest absolute Gasteiger partial charge is 0.354 e. The van der Waals surface area contributed by atoms with Crippen molar-refractivity contribution in [3.63, 3.8) is 0 Å². The Balaban J connectivity index is 2.04. The molecule has 1 aliphatic heterocycles. The number of carbonyl (C=O) groups is 1. The lowest BCUT2D eigenvalue weighted by atomic mass is 10.2. The third-order valence-corrected chi connectivity index (χ3v) is 3.12. The molecule has 3 rings (SSSR count). The fourth-order valence-electron chi connectivity index (χ4n) is 2.22. The lowest BCUT2D eigenvalue weighted by Gasteiger charge is -2.10. The van der Waals surface area contributed by atoms with Crippen molar-refractivity contribution in [1.29, 1.82) is 0 Å². The van der Waals surface area contributed by atoms with Gasteiger partial charge >= 0.3 is 0 Å². The SMILES string of the molecule is CNC(=O)c1nc2ccccn2c1CC1OCCO1. The summed E-state index contributed by atoms with van der Waals surface area (Å²) >= 11 is 0. The molecule has 0 bridgehead atoms. The normalized spacial score (nSPS) is 16.1. The number of fused-ring (bicyclic) bond motifs is 1. The van der Waals surface area contributed by atoms with Gasteiger partial charge in [-0.25, -0.2) is 4.98 Å². The number of carbonyl (C=O) groups excluding carboxylic acids is 1. The Hall–Kier alpha value is -1.92. The van der Waals surface area contributed by atoms with Crippen molar-refractivity contribution in [3.8, 4) is 0 Å². The molecule has 0 saturated carbocycles. The first-order valence-electron chi connectivity index (χ1n) is 6.21. The van der Waals surface area contributed by atoms with Gasteiger partial charge in [0.1, 0.15) is 5.65 Å². The average molecular weight is 261 g/mol. The predicted molar refractivity (Wildman–Crippen MR) is 68.0 cm³/mol. The van der Waals surface area contributed by atoms with Gasteiger partial charge in [-0.1, -0.05) is 6.07 Å². The second kappa shape index (κ2) is 4.99. The van der Waals surface area contributed by atoms with Crippen molar-refractivity contribution < 1.29 is 14.3 Å². The highest BCUT2D eigenvalue weighted by molar-refractivity contribution is 5.94. The molecule has 6 heteroatoms. The molecule has 100 valence electrons. The summed E-state index contributed by atoms with van der Waals surface area (Å²) in [4.78, 5) is 16.3. The molecule has 1 amide bonds. The van der Waals surface area contributed by atoms with Crippen molar-refractivity contribution in [1.82, 2.24) is 14.7 Å². The second-order valence-corrected chi connectivity index (χ2v) is 4.29. The van der Waals surface area contributed by atoms with Crippen LogP contribution in [0.4, 0.5) is 0 Å². The molecule has 1 N–H and O–H groups in total. The van der Waals surface area contributed by atoms with Crippen molar-refractivity contribution in [3.05, 3.63) is 35.8 Å². The monoisotopic (exact) mass is 261 g/mol. The van der Waals surface area contributed by atoms with Crippen LogP contribution < -0.4 is 5.32 Å². The van der Waals surface area contributed by atoms with Gasteiger partial charge in [0.05, 0.1) is 18.9 Å². The first kappa shape index (κ1) is 12.1. The quantitative estimate of drug-likeness (QED) is 0.879. The fourth-order valence-corrected chi connectivity index (χ4v) is 2.22. The Bertz CT molecular complexity index is 602. The minimum absolute atomic E-state index is 0.198. The van der Waals surface area contributed by atoms with E-state index in [2.05, 4.69) is 10.3 Å². The van der Waals surface area contributed by atoms with Crippen LogP contribution in [0.3, 0.4) is 0 Å². The van der Waals surface area contributed by atoms with Crippen LogP contribution in [0.15, 0.2) is 24.4 Å². The van der Waals surface area contributed by atoms with Crippen LogP contribution in [0.1, 0.15) is 16.2 Å². The van der Waals surface area contributed by atoms with E-state index >= 15 is 0 Å². The number of pyridine rings is 1. The summed E-state index contributed by atoms with van der Waals surface area (Å²) in [6, 6.07) is 5.66. The number of ether oxygens (including phenoxy) is 2. The van der Waals surface area contributed by atoms with Gasteiger partial charge in [0.25, 0.3) is 5.91 Å². The zero-order chi connectivity index (χ0) is 13.2. The molecule has 0 radical (unpaired) electrons. The minimum atomic E-state index is -0.302. The van der Waals surface area contributed by atoms with Gasteiger partial charge in [0.15, 0.2) is 12.0 Å². The molecule has 0 aliphatic carbocycles. The molecule has 1 saturated heterocycles. The van der Waals surface area contributed by atoms with Crippen molar-refractivity contribution in [2.45, 2.75) is 12.7 Å². The number of aromatic nitrogens is 2. The molecule has 0 spiro atoms. The van der Waals surface area contributed by atoms with Crippen molar-refractivity contribution in [2.24, 2.45) is 0 Å². The zero-order valence-corrected chi connectivity index (χ0v) is 10.6. The van der Waals surface area contributed by atoms with Crippen LogP contribution in [0, 0.1) is 0 Å². The van der Waals surface area contributed by atoms with Gasteiger partial charge in [-0.3, -0.25) is 4.79 Å². The van der Waals surface area contributed by atoms with Crippen LogP contribution >= 0.6 is 0 Å². The number of imidazole rings is 1. The molecular weight excluding hydrogens is 246 g/mol.